The Morgan fingerprint density at radius 3 is 2.64 bits per heavy atom. The van der Waals surface area contributed by atoms with E-state index in [1.54, 1.807) is 12.1 Å². The topological polar surface area (TPSA) is 29.9 Å². The molecular formula is C15H15ClF3N3. The number of rotatable bonds is 3. The molecule has 0 spiro atoms. The number of aryl methyl sites for hydroxylation is 2. The third-order valence-electron chi connectivity index (χ3n) is 3.80. The fourth-order valence-electron chi connectivity index (χ4n) is 2.72. The molecule has 3 rings (SSSR count). The van der Waals surface area contributed by atoms with E-state index in [0.717, 1.165) is 5.56 Å². The number of hydrogen-bond acceptors (Lipinski definition) is 2. The highest BCUT2D eigenvalue weighted by Crippen LogP contribution is 2.33. The SMILES string of the molecule is FC(F)(F)c1nn(CCc2ccc(Cl)cc2)c2c1CNCC2. The van der Waals surface area contributed by atoms with Crippen molar-refractivity contribution in [3.63, 3.8) is 0 Å². The van der Waals surface area contributed by atoms with Crippen molar-refractivity contribution in [1.82, 2.24) is 15.1 Å². The second kappa shape index (κ2) is 5.93. The van der Waals surface area contributed by atoms with E-state index in [-0.39, 0.29) is 12.1 Å². The molecule has 7 heteroatoms. The van der Waals surface area contributed by atoms with Crippen LogP contribution in [0.1, 0.15) is 22.5 Å². The lowest BCUT2D eigenvalue weighted by Gasteiger charge is -2.16. The van der Waals surface area contributed by atoms with Gasteiger partial charge in [-0.05, 0) is 24.1 Å². The van der Waals surface area contributed by atoms with Crippen LogP contribution in [-0.2, 0) is 32.1 Å². The maximum absolute atomic E-state index is 13.1. The molecular weight excluding hydrogens is 315 g/mol. The normalized spacial score (nSPS) is 14.9. The van der Waals surface area contributed by atoms with Gasteiger partial charge in [-0.25, -0.2) is 0 Å². The predicted octanol–water partition coefficient (Wildman–Crippen LogP) is 3.44. The lowest BCUT2D eigenvalue weighted by molar-refractivity contribution is -0.142. The summed E-state index contributed by atoms with van der Waals surface area (Å²) in [4.78, 5) is 0. The Labute approximate surface area is 131 Å². The number of aromatic nitrogens is 2. The standard InChI is InChI=1S/C15H15ClF3N3/c16-11-3-1-10(2-4-11)6-8-22-13-5-7-20-9-12(13)14(21-22)15(17,18)19/h1-4,20H,5-9H2. The minimum atomic E-state index is -4.41. The molecule has 0 amide bonds. The second-order valence-electron chi connectivity index (χ2n) is 5.30. The molecule has 3 nitrogen and oxygen atoms in total. The van der Waals surface area contributed by atoms with Crippen LogP contribution in [0.5, 0.6) is 0 Å². The summed E-state index contributed by atoms with van der Waals surface area (Å²) in [7, 11) is 0. The van der Waals surface area contributed by atoms with Crippen LogP contribution in [0, 0.1) is 0 Å². The van der Waals surface area contributed by atoms with Crippen LogP contribution in [-0.4, -0.2) is 16.3 Å². The summed E-state index contributed by atoms with van der Waals surface area (Å²) < 4.78 is 40.7. The molecule has 0 saturated heterocycles. The number of nitrogens with one attached hydrogen (secondary N) is 1. The van der Waals surface area contributed by atoms with Gasteiger partial charge in [0.25, 0.3) is 0 Å². The van der Waals surface area contributed by atoms with E-state index in [1.807, 2.05) is 12.1 Å². The molecule has 0 unspecified atom stereocenters. The number of fused-ring (bicyclic) bond motifs is 1. The zero-order chi connectivity index (χ0) is 15.7. The van der Waals surface area contributed by atoms with E-state index < -0.39 is 11.9 Å². The minimum Gasteiger partial charge on any atom is -0.312 e. The van der Waals surface area contributed by atoms with Crippen molar-refractivity contribution in [2.24, 2.45) is 0 Å². The summed E-state index contributed by atoms with van der Waals surface area (Å²) in [5.74, 6) is 0. The number of nitrogens with zero attached hydrogens (tertiary/aromatic N) is 2. The Bertz CT molecular complexity index is 662. The van der Waals surface area contributed by atoms with Crippen LogP contribution in [0.4, 0.5) is 13.2 Å². The number of alkyl halides is 3. The summed E-state index contributed by atoms with van der Waals surface area (Å²) in [5.41, 5.74) is 1.25. The zero-order valence-corrected chi connectivity index (χ0v) is 12.5. The fourth-order valence-corrected chi connectivity index (χ4v) is 2.84. The molecule has 2 heterocycles. The number of benzene rings is 1. The average molecular weight is 330 g/mol. The van der Waals surface area contributed by atoms with Gasteiger partial charge in [0.2, 0.25) is 0 Å². The molecule has 0 atom stereocenters. The first-order valence-electron chi connectivity index (χ1n) is 7.06. The molecule has 1 aromatic heterocycles. The maximum Gasteiger partial charge on any atom is 0.435 e. The highest BCUT2D eigenvalue weighted by Gasteiger charge is 2.39. The Morgan fingerprint density at radius 1 is 1.23 bits per heavy atom. The Hall–Kier alpha value is -1.53. The van der Waals surface area contributed by atoms with Crippen molar-refractivity contribution in [3.8, 4) is 0 Å². The molecule has 2 aromatic rings. The molecule has 0 radical (unpaired) electrons. The highest BCUT2D eigenvalue weighted by molar-refractivity contribution is 6.30. The monoisotopic (exact) mass is 329 g/mol. The number of halogens is 4. The van der Waals surface area contributed by atoms with Gasteiger partial charge in [-0.2, -0.15) is 18.3 Å². The molecule has 22 heavy (non-hydrogen) atoms. The first kappa shape index (κ1) is 15.4. The van der Waals surface area contributed by atoms with E-state index in [2.05, 4.69) is 10.4 Å². The Balaban J connectivity index is 1.84. The van der Waals surface area contributed by atoms with Crippen molar-refractivity contribution in [1.29, 1.82) is 0 Å². The average Bonchev–Trinajstić information content (AvgIpc) is 2.86. The summed E-state index contributed by atoms with van der Waals surface area (Å²) >= 11 is 5.83. The van der Waals surface area contributed by atoms with Crippen molar-refractivity contribution < 1.29 is 13.2 Å². The molecule has 118 valence electrons. The Kier molecular flexibility index (Phi) is 4.14. The predicted molar refractivity (Wildman–Crippen MR) is 77.8 cm³/mol. The first-order chi connectivity index (χ1) is 10.4. The molecule has 0 saturated carbocycles. The van der Waals surface area contributed by atoms with E-state index in [4.69, 9.17) is 11.6 Å². The summed E-state index contributed by atoms with van der Waals surface area (Å²) in [6.07, 6.45) is -3.22. The summed E-state index contributed by atoms with van der Waals surface area (Å²) in [5, 5.41) is 7.44. The van der Waals surface area contributed by atoms with Crippen LogP contribution >= 0.6 is 11.6 Å². The molecule has 1 N–H and O–H groups in total. The zero-order valence-electron chi connectivity index (χ0n) is 11.8. The van der Waals surface area contributed by atoms with E-state index in [9.17, 15) is 13.2 Å². The minimum absolute atomic E-state index is 0.227. The molecule has 1 aromatic carbocycles. The smallest absolute Gasteiger partial charge is 0.312 e. The van der Waals surface area contributed by atoms with E-state index >= 15 is 0 Å². The highest BCUT2D eigenvalue weighted by atomic mass is 35.5. The lowest BCUT2D eigenvalue weighted by Crippen LogP contribution is -2.26. The lowest BCUT2D eigenvalue weighted by atomic mass is 10.1. The van der Waals surface area contributed by atoms with Crippen LogP contribution in [0.25, 0.3) is 0 Å². The summed E-state index contributed by atoms with van der Waals surface area (Å²) in [6.45, 7) is 1.34. The maximum atomic E-state index is 13.1. The van der Waals surface area contributed by atoms with Gasteiger partial charge >= 0.3 is 6.18 Å². The largest absolute Gasteiger partial charge is 0.435 e. The molecule has 0 bridgehead atoms. The van der Waals surface area contributed by atoms with Gasteiger partial charge in [-0.3, -0.25) is 4.68 Å². The van der Waals surface area contributed by atoms with Crippen molar-refractivity contribution in [2.45, 2.75) is 32.1 Å². The van der Waals surface area contributed by atoms with Crippen LogP contribution in [0.3, 0.4) is 0 Å². The first-order valence-corrected chi connectivity index (χ1v) is 7.44. The van der Waals surface area contributed by atoms with Gasteiger partial charge in [0, 0.05) is 42.3 Å². The van der Waals surface area contributed by atoms with Crippen molar-refractivity contribution >= 4 is 11.6 Å². The Morgan fingerprint density at radius 2 is 1.95 bits per heavy atom. The van der Waals surface area contributed by atoms with Gasteiger partial charge in [0.15, 0.2) is 5.69 Å². The quantitative estimate of drug-likeness (QED) is 0.935. The fraction of sp³-hybridized carbons (Fsp3) is 0.400. The second-order valence-corrected chi connectivity index (χ2v) is 5.73. The van der Waals surface area contributed by atoms with Crippen LogP contribution < -0.4 is 5.32 Å². The van der Waals surface area contributed by atoms with E-state index in [0.29, 0.717) is 36.6 Å². The van der Waals surface area contributed by atoms with Gasteiger partial charge in [0.05, 0.1) is 0 Å². The van der Waals surface area contributed by atoms with Gasteiger partial charge in [0.1, 0.15) is 0 Å². The summed E-state index contributed by atoms with van der Waals surface area (Å²) in [6, 6.07) is 7.32. The molecule has 0 fully saturated rings. The van der Waals surface area contributed by atoms with Crippen LogP contribution in [0.15, 0.2) is 24.3 Å². The molecule has 1 aliphatic rings. The van der Waals surface area contributed by atoms with Crippen molar-refractivity contribution in [3.05, 3.63) is 51.8 Å². The van der Waals surface area contributed by atoms with Gasteiger partial charge < -0.3 is 5.32 Å². The molecule has 1 aliphatic heterocycles. The van der Waals surface area contributed by atoms with Crippen molar-refractivity contribution in [2.75, 3.05) is 6.54 Å². The van der Waals surface area contributed by atoms with Crippen LogP contribution in [0.2, 0.25) is 5.02 Å². The van der Waals surface area contributed by atoms with Gasteiger partial charge in [-0.1, -0.05) is 23.7 Å². The molecule has 0 aliphatic carbocycles. The van der Waals surface area contributed by atoms with Gasteiger partial charge in [-0.15, -0.1) is 0 Å². The third kappa shape index (κ3) is 3.13. The van der Waals surface area contributed by atoms with E-state index in [1.165, 1.54) is 4.68 Å². The number of hydrogen-bond donors (Lipinski definition) is 1. The third-order valence-corrected chi connectivity index (χ3v) is 4.05.